The zero-order chi connectivity index (χ0) is 37.0. The predicted octanol–water partition coefficient (Wildman–Crippen LogP) is 9.24. The van der Waals surface area contributed by atoms with Gasteiger partial charge in [0, 0.05) is 21.1 Å². The first-order chi connectivity index (χ1) is 22.1. The van der Waals surface area contributed by atoms with Crippen molar-refractivity contribution in [3.63, 3.8) is 0 Å². The molecular formula is C35H62BClO7SSi4. The monoisotopic (exact) mass is 784 g/mol. The molecule has 1 aromatic carbocycles. The Hall–Kier alpha value is -0.138. The zero-order valence-electron chi connectivity index (χ0n) is 32.9. The van der Waals surface area contributed by atoms with Crippen LogP contribution in [0.2, 0.25) is 83.6 Å². The van der Waals surface area contributed by atoms with Gasteiger partial charge < -0.3 is 31.7 Å². The smallest absolute Gasteiger partial charge is 0.415 e. The van der Waals surface area contributed by atoms with Gasteiger partial charge in [-0.3, -0.25) is 0 Å². The molecule has 0 amide bonds. The van der Waals surface area contributed by atoms with Gasteiger partial charge in [0.25, 0.3) is 0 Å². The van der Waals surface area contributed by atoms with Crippen molar-refractivity contribution in [2.75, 3.05) is 6.61 Å². The number of rotatable bonds is 13. The second kappa shape index (κ2) is 14.9. The van der Waals surface area contributed by atoms with Gasteiger partial charge >= 0.3 is 7.12 Å². The molecule has 2 saturated heterocycles. The summed E-state index contributed by atoms with van der Waals surface area (Å²) in [5.41, 5.74) is 1.29. The first-order valence-electron chi connectivity index (χ1n) is 17.7. The lowest BCUT2D eigenvalue weighted by atomic mass is 9.88. The van der Waals surface area contributed by atoms with E-state index in [1.807, 2.05) is 6.07 Å². The van der Waals surface area contributed by atoms with Gasteiger partial charge in [0.15, 0.2) is 33.3 Å². The van der Waals surface area contributed by atoms with Crippen molar-refractivity contribution >= 4 is 68.1 Å². The Balaban J connectivity index is 1.73. The number of hydrogen-bond donors (Lipinski definition) is 0. The van der Waals surface area contributed by atoms with Crippen LogP contribution in [0.5, 0.6) is 0 Å². The first-order valence-corrected chi connectivity index (χ1v) is 32.5. The molecule has 3 heterocycles. The highest BCUT2D eigenvalue weighted by Crippen LogP contribution is 2.42. The lowest BCUT2D eigenvalue weighted by molar-refractivity contribution is -0.216. The molecule has 2 aliphatic rings. The molecule has 0 radical (unpaired) electrons. The Kier molecular flexibility index (Phi) is 12.7. The minimum atomic E-state index is -2.07. The average molecular weight is 786 g/mol. The minimum Gasteiger partial charge on any atom is -0.415 e. The van der Waals surface area contributed by atoms with E-state index in [2.05, 4.69) is 131 Å². The number of benzene rings is 1. The molecule has 2 fully saturated rings. The summed E-state index contributed by atoms with van der Waals surface area (Å²) in [7, 11) is -8.38. The van der Waals surface area contributed by atoms with Gasteiger partial charge in [-0.25, -0.2) is 0 Å². The minimum absolute atomic E-state index is 0.307. The standard InChI is InChI=1S/C35H62BClO7SSi4/c1-34(2)35(3,4)44-36(43-34)29-20-18-26(45-29)22-25-21-24(17-19-27(25)37)30-32(41-48(11,12)13)33(42-49(14,15)16)31(40-47(8,9)10)28(39-30)23-38-46(5,6)7/h17-21,28,30-33H,22-23H2,1-16H3/t28?,30?,31-,32+,33?/m1/s1. The van der Waals surface area contributed by atoms with Gasteiger partial charge in [-0.05, 0) is 130 Å². The van der Waals surface area contributed by atoms with Crippen molar-refractivity contribution < 1.29 is 31.7 Å². The summed E-state index contributed by atoms with van der Waals surface area (Å²) in [6.45, 7) is 35.5. The molecule has 1 aromatic heterocycles. The molecule has 0 saturated carbocycles. The third-order valence-electron chi connectivity index (χ3n) is 8.71. The van der Waals surface area contributed by atoms with E-state index < -0.39 is 33.3 Å². The highest BCUT2D eigenvalue weighted by molar-refractivity contribution is 7.22. The van der Waals surface area contributed by atoms with Crippen LogP contribution in [0.4, 0.5) is 0 Å². The first kappa shape index (κ1) is 41.6. The molecule has 7 nitrogen and oxygen atoms in total. The van der Waals surface area contributed by atoms with E-state index in [1.165, 1.54) is 4.88 Å². The van der Waals surface area contributed by atoms with Crippen molar-refractivity contribution in [3.8, 4) is 0 Å². The molecule has 2 aromatic rings. The molecule has 0 bridgehead atoms. The molecular weight excluding hydrogens is 723 g/mol. The number of thiophene rings is 1. The zero-order valence-corrected chi connectivity index (χ0v) is 38.5. The summed E-state index contributed by atoms with van der Waals surface area (Å²) in [6.07, 6.45) is -0.985. The number of hydrogen-bond acceptors (Lipinski definition) is 8. The summed E-state index contributed by atoms with van der Waals surface area (Å²) >= 11 is 8.62. The topological polar surface area (TPSA) is 64.6 Å². The second-order valence-corrected chi connectivity index (χ2v) is 38.0. The van der Waals surface area contributed by atoms with Crippen LogP contribution in [0.3, 0.4) is 0 Å². The van der Waals surface area contributed by atoms with Crippen LogP contribution in [0, 0.1) is 0 Å². The molecule has 0 aliphatic carbocycles. The molecule has 49 heavy (non-hydrogen) atoms. The van der Waals surface area contributed by atoms with E-state index in [0.29, 0.717) is 13.0 Å². The molecule has 5 atom stereocenters. The van der Waals surface area contributed by atoms with Crippen LogP contribution in [0.25, 0.3) is 0 Å². The molecule has 0 spiro atoms. The fourth-order valence-corrected chi connectivity index (χ4v) is 11.1. The van der Waals surface area contributed by atoms with Crippen LogP contribution < -0.4 is 4.78 Å². The third kappa shape index (κ3) is 11.4. The number of ether oxygens (including phenoxy) is 1. The molecule has 4 rings (SSSR count). The normalized spacial score (nSPS) is 26.4. The van der Waals surface area contributed by atoms with Gasteiger partial charge in [-0.2, -0.15) is 0 Å². The molecule has 14 heteroatoms. The summed E-state index contributed by atoms with van der Waals surface area (Å²) in [5, 5.41) is 0.723. The summed E-state index contributed by atoms with van der Waals surface area (Å²) < 4.78 is 48.6. The molecule has 0 N–H and O–H groups in total. The quantitative estimate of drug-likeness (QED) is 0.188. The van der Waals surface area contributed by atoms with Crippen LogP contribution in [-0.4, -0.2) is 82.6 Å². The van der Waals surface area contributed by atoms with Gasteiger partial charge in [0.1, 0.15) is 30.5 Å². The predicted molar refractivity (Wildman–Crippen MR) is 216 cm³/mol. The van der Waals surface area contributed by atoms with Gasteiger partial charge in [-0.15, -0.1) is 11.3 Å². The van der Waals surface area contributed by atoms with Crippen LogP contribution >= 0.6 is 22.9 Å². The second-order valence-electron chi connectivity index (χ2n) is 18.5. The highest BCUT2D eigenvalue weighted by atomic mass is 35.5. The van der Waals surface area contributed by atoms with Crippen LogP contribution in [-0.2, 0) is 38.2 Å². The Morgan fingerprint density at radius 2 is 1.24 bits per heavy atom. The Labute approximate surface area is 310 Å². The summed E-state index contributed by atoms with van der Waals surface area (Å²) in [4.78, 5) is 1.19. The fourth-order valence-electron chi connectivity index (χ4n) is 5.95. The van der Waals surface area contributed by atoms with Crippen LogP contribution in [0.1, 0.15) is 49.8 Å². The number of halogens is 1. The van der Waals surface area contributed by atoms with E-state index in [9.17, 15) is 0 Å². The third-order valence-corrected chi connectivity index (χ3v) is 14.2. The van der Waals surface area contributed by atoms with Crippen molar-refractivity contribution in [3.05, 3.63) is 51.4 Å². The molecule has 2 aliphatic heterocycles. The lowest BCUT2D eigenvalue weighted by Crippen LogP contribution is -2.63. The van der Waals surface area contributed by atoms with Crippen molar-refractivity contribution in [1.82, 2.24) is 0 Å². The van der Waals surface area contributed by atoms with E-state index in [4.69, 9.17) is 43.4 Å². The Morgan fingerprint density at radius 1 is 0.714 bits per heavy atom. The summed E-state index contributed by atoms with van der Waals surface area (Å²) in [5.74, 6) is 0. The maximum Gasteiger partial charge on any atom is 0.505 e. The van der Waals surface area contributed by atoms with Gasteiger partial charge in [0.2, 0.25) is 0 Å². The maximum absolute atomic E-state index is 7.14. The van der Waals surface area contributed by atoms with Gasteiger partial charge in [0.05, 0.1) is 17.8 Å². The van der Waals surface area contributed by atoms with E-state index >= 15 is 0 Å². The maximum atomic E-state index is 7.14. The highest BCUT2D eigenvalue weighted by Gasteiger charge is 2.53. The average Bonchev–Trinajstić information content (AvgIpc) is 3.45. The molecule has 276 valence electrons. The van der Waals surface area contributed by atoms with Crippen molar-refractivity contribution in [1.29, 1.82) is 0 Å². The molecule has 3 unspecified atom stereocenters. The van der Waals surface area contributed by atoms with Gasteiger partial charge in [-0.1, -0.05) is 29.8 Å². The van der Waals surface area contributed by atoms with Crippen molar-refractivity contribution in [2.45, 2.75) is 154 Å². The fraction of sp³-hybridized carbons (Fsp3) is 0.714. The van der Waals surface area contributed by atoms with E-state index in [-0.39, 0.29) is 48.8 Å². The Morgan fingerprint density at radius 3 is 1.78 bits per heavy atom. The summed E-state index contributed by atoms with van der Waals surface area (Å²) in [6, 6.07) is 10.5. The van der Waals surface area contributed by atoms with Crippen LogP contribution in [0.15, 0.2) is 30.3 Å². The largest absolute Gasteiger partial charge is 0.505 e. The van der Waals surface area contributed by atoms with Crippen molar-refractivity contribution in [2.24, 2.45) is 0 Å². The van der Waals surface area contributed by atoms with E-state index in [0.717, 1.165) is 20.9 Å². The lowest BCUT2D eigenvalue weighted by Gasteiger charge is -2.51. The SMILES string of the molecule is CC1(C)OB(c2ccc(Cc3cc(C4OC(CO[Si](C)(C)C)[C@@H](O[Si](C)(C)C)C(O[Si](C)(C)C)[C@H]4O[Si](C)(C)C)ccc3Cl)s2)OC1(C)C. The Bertz CT molecular complexity index is 1410. The van der Waals surface area contributed by atoms with E-state index in [1.54, 1.807) is 11.3 Å².